The molecule has 0 unspecified atom stereocenters. The van der Waals surface area contributed by atoms with Gasteiger partial charge in [-0.2, -0.15) is 4.31 Å². The minimum absolute atomic E-state index is 0.0607. The molecule has 1 amide bonds. The molecule has 26 heavy (non-hydrogen) atoms. The van der Waals surface area contributed by atoms with Crippen molar-refractivity contribution >= 4 is 27.3 Å². The number of amides is 1. The highest BCUT2D eigenvalue weighted by molar-refractivity contribution is 7.91. The van der Waals surface area contributed by atoms with E-state index in [-0.39, 0.29) is 11.9 Å². The summed E-state index contributed by atoms with van der Waals surface area (Å²) in [6, 6.07) is 3.67. The molecule has 3 atom stereocenters. The zero-order valence-corrected chi connectivity index (χ0v) is 17.2. The summed E-state index contributed by atoms with van der Waals surface area (Å²) < 4.78 is 27.0. The molecule has 1 aliphatic heterocycles. The molecule has 146 valence electrons. The first kappa shape index (κ1) is 19.8. The highest BCUT2D eigenvalue weighted by Crippen LogP contribution is 2.29. The standard InChI is InChI=1S/C18H29N3O3S2/c1-14-5-3-6-16(15(14)2)19-17(22)13-20-8-10-21(11-9-20)26(23,24)18-7-4-12-25-18/h4,7,12,14-16H,3,5-6,8-11,13H2,1-2H3,(H,19,22)/t14-,15+,16-/m0/s1. The summed E-state index contributed by atoms with van der Waals surface area (Å²) in [6.07, 6.45) is 3.48. The van der Waals surface area contributed by atoms with Crippen LogP contribution in [0.1, 0.15) is 33.1 Å². The van der Waals surface area contributed by atoms with Gasteiger partial charge in [0.2, 0.25) is 5.91 Å². The quantitative estimate of drug-likeness (QED) is 0.822. The van der Waals surface area contributed by atoms with Gasteiger partial charge in [-0.1, -0.05) is 32.8 Å². The third kappa shape index (κ3) is 4.47. The lowest BCUT2D eigenvalue weighted by Crippen LogP contribution is -2.52. The van der Waals surface area contributed by atoms with Crippen molar-refractivity contribution in [2.45, 2.75) is 43.4 Å². The Morgan fingerprint density at radius 3 is 2.62 bits per heavy atom. The highest BCUT2D eigenvalue weighted by atomic mass is 32.2. The molecular formula is C18H29N3O3S2. The zero-order valence-electron chi connectivity index (χ0n) is 15.6. The normalized spacial score (nSPS) is 28.8. The van der Waals surface area contributed by atoms with Gasteiger partial charge in [0.1, 0.15) is 4.21 Å². The summed E-state index contributed by atoms with van der Waals surface area (Å²) in [7, 11) is -3.38. The molecule has 8 heteroatoms. The minimum atomic E-state index is -3.38. The Bertz CT molecular complexity index is 697. The van der Waals surface area contributed by atoms with E-state index >= 15 is 0 Å². The Labute approximate surface area is 160 Å². The van der Waals surface area contributed by atoms with Crippen LogP contribution in [0.4, 0.5) is 0 Å². The molecule has 0 radical (unpaired) electrons. The lowest BCUT2D eigenvalue weighted by Gasteiger charge is -2.36. The van der Waals surface area contributed by atoms with Crippen LogP contribution in [0.2, 0.25) is 0 Å². The van der Waals surface area contributed by atoms with Crippen LogP contribution in [0.25, 0.3) is 0 Å². The first-order chi connectivity index (χ1) is 12.4. The number of carbonyl (C=O) groups is 1. The van der Waals surface area contributed by atoms with Crippen LogP contribution in [0.5, 0.6) is 0 Å². The number of thiophene rings is 1. The second-order valence-electron chi connectivity index (χ2n) is 7.55. The fraction of sp³-hybridized carbons (Fsp3) is 0.722. The fourth-order valence-corrected chi connectivity index (χ4v) is 6.47. The van der Waals surface area contributed by atoms with Crippen LogP contribution >= 0.6 is 11.3 Å². The van der Waals surface area contributed by atoms with Gasteiger partial charge in [-0.3, -0.25) is 9.69 Å². The summed E-state index contributed by atoms with van der Waals surface area (Å²) in [5.41, 5.74) is 0. The first-order valence-electron chi connectivity index (χ1n) is 9.43. The Morgan fingerprint density at radius 2 is 1.96 bits per heavy atom. The second kappa shape index (κ2) is 8.37. The molecule has 1 aliphatic carbocycles. The SMILES string of the molecule is C[C@H]1[C@@H](NC(=O)CN2CCN(S(=O)(=O)c3cccs3)CC2)CCC[C@@H]1C. The highest BCUT2D eigenvalue weighted by Gasteiger charge is 2.31. The lowest BCUT2D eigenvalue weighted by atomic mass is 9.78. The fourth-order valence-electron chi connectivity index (χ4n) is 3.91. The largest absolute Gasteiger partial charge is 0.352 e. The van der Waals surface area contributed by atoms with Crippen molar-refractivity contribution in [2.75, 3.05) is 32.7 Å². The summed E-state index contributed by atoms with van der Waals surface area (Å²) in [6.45, 7) is 6.89. The van der Waals surface area contributed by atoms with Crippen molar-refractivity contribution in [1.29, 1.82) is 0 Å². The molecule has 3 rings (SSSR count). The summed E-state index contributed by atoms with van der Waals surface area (Å²) in [4.78, 5) is 14.5. The molecule has 2 aliphatic rings. The number of hydrogen-bond acceptors (Lipinski definition) is 5. The number of rotatable bonds is 5. The molecule has 0 spiro atoms. The van der Waals surface area contributed by atoms with E-state index < -0.39 is 10.0 Å². The van der Waals surface area contributed by atoms with Gasteiger partial charge in [-0.05, 0) is 29.7 Å². The molecule has 2 fully saturated rings. The van der Waals surface area contributed by atoms with E-state index in [9.17, 15) is 13.2 Å². The van der Waals surface area contributed by atoms with Crippen molar-refractivity contribution < 1.29 is 13.2 Å². The third-order valence-corrected chi connectivity index (χ3v) is 9.11. The topological polar surface area (TPSA) is 69.7 Å². The Hall–Kier alpha value is -0.960. The minimum Gasteiger partial charge on any atom is -0.352 e. The monoisotopic (exact) mass is 399 g/mol. The van der Waals surface area contributed by atoms with Gasteiger partial charge in [0, 0.05) is 32.2 Å². The first-order valence-corrected chi connectivity index (χ1v) is 11.8. The molecule has 1 aromatic heterocycles. The van der Waals surface area contributed by atoms with Crippen LogP contribution < -0.4 is 5.32 Å². The molecular weight excluding hydrogens is 370 g/mol. The summed E-state index contributed by atoms with van der Waals surface area (Å²) >= 11 is 1.25. The number of nitrogens with zero attached hydrogens (tertiary/aromatic N) is 2. The summed E-state index contributed by atoms with van der Waals surface area (Å²) in [5, 5.41) is 4.98. The Morgan fingerprint density at radius 1 is 1.23 bits per heavy atom. The van der Waals surface area contributed by atoms with Gasteiger partial charge in [0.15, 0.2) is 0 Å². The van der Waals surface area contributed by atoms with E-state index in [0.717, 1.165) is 6.42 Å². The molecule has 0 aromatic carbocycles. The average molecular weight is 400 g/mol. The number of sulfonamides is 1. The van der Waals surface area contributed by atoms with E-state index in [1.165, 1.54) is 28.5 Å². The molecule has 0 bridgehead atoms. The maximum Gasteiger partial charge on any atom is 0.252 e. The number of piperazine rings is 1. The van der Waals surface area contributed by atoms with Crippen molar-refractivity contribution in [3.8, 4) is 0 Å². The molecule has 6 nitrogen and oxygen atoms in total. The van der Waals surface area contributed by atoms with E-state index in [1.807, 2.05) is 4.90 Å². The lowest BCUT2D eigenvalue weighted by molar-refractivity contribution is -0.124. The average Bonchev–Trinajstić information content (AvgIpc) is 3.15. The molecule has 1 aromatic rings. The van der Waals surface area contributed by atoms with Crippen molar-refractivity contribution in [3.63, 3.8) is 0 Å². The van der Waals surface area contributed by atoms with Gasteiger partial charge in [0.25, 0.3) is 10.0 Å². The zero-order chi connectivity index (χ0) is 18.7. The molecule has 1 N–H and O–H groups in total. The van der Waals surface area contributed by atoms with Gasteiger partial charge in [-0.25, -0.2) is 8.42 Å². The van der Waals surface area contributed by atoms with Crippen molar-refractivity contribution in [2.24, 2.45) is 11.8 Å². The smallest absolute Gasteiger partial charge is 0.252 e. The van der Waals surface area contributed by atoms with Crippen LogP contribution in [0.15, 0.2) is 21.7 Å². The van der Waals surface area contributed by atoms with Crippen LogP contribution in [-0.4, -0.2) is 62.3 Å². The number of nitrogens with one attached hydrogen (secondary N) is 1. The predicted molar refractivity (Wildman–Crippen MR) is 104 cm³/mol. The Balaban J connectivity index is 1.47. The van der Waals surface area contributed by atoms with Crippen molar-refractivity contribution in [3.05, 3.63) is 17.5 Å². The van der Waals surface area contributed by atoms with Gasteiger partial charge in [0.05, 0.1) is 6.54 Å². The molecule has 2 heterocycles. The van der Waals surface area contributed by atoms with E-state index in [0.29, 0.717) is 48.8 Å². The summed E-state index contributed by atoms with van der Waals surface area (Å²) in [5.74, 6) is 1.23. The molecule has 1 saturated heterocycles. The maximum absolute atomic E-state index is 12.5. The van der Waals surface area contributed by atoms with Crippen LogP contribution in [0, 0.1) is 11.8 Å². The predicted octanol–water partition coefficient (Wildman–Crippen LogP) is 2.00. The molecule has 1 saturated carbocycles. The van der Waals surface area contributed by atoms with Gasteiger partial charge < -0.3 is 5.32 Å². The number of carbonyl (C=O) groups excluding carboxylic acids is 1. The van der Waals surface area contributed by atoms with E-state index in [4.69, 9.17) is 0 Å². The Kier molecular flexibility index (Phi) is 6.37. The van der Waals surface area contributed by atoms with Crippen LogP contribution in [-0.2, 0) is 14.8 Å². The maximum atomic E-state index is 12.5. The van der Waals surface area contributed by atoms with Crippen molar-refractivity contribution in [1.82, 2.24) is 14.5 Å². The van der Waals surface area contributed by atoms with Gasteiger partial charge >= 0.3 is 0 Å². The van der Waals surface area contributed by atoms with Crippen LogP contribution in [0.3, 0.4) is 0 Å². The third-order valence-electron chi connectivity index (χ3n) is 5.84. The van der Waals surface area contributed by atoms with Gasteiger partial charge in [-0.15, -0.1) is 11.3 Å². The number of hydrogen-bond donors (Lipinski definition) is 1. The second-order valence-corrected chi connectivity index (χ2v) is 10.7. The van der Waals surface area contributed by atoms with E-state index in [1.54, 1.807) is 17.5 Å². The van der Waals surface area contributed by atoms with E-state index in [2.05, 4.69) is 19.2 Å².